The summed E-state index contributed by atoms with van der Waals surface area (Å²) >= 11 is 0. The Morgan fingerprint density at radius 2 is 1.70 bits per heavy atom. The minimum absolute atomic E-state index is 0.0300. The van der Waals surface area contributed by atoms with Crippen molar-refractivity contribution in [1.29, 1.82) is 5.26 Å². The molecule has 154 valence electrons. The quantitative estimate of drug-likeness (QED) is 0.640. The van der Waals surface area contributed by atoms with Gasteiger partial charge in [-0.25, -0.2) is 22.2 Å². The lowest BCUT2D eigenvalue weighted by atomic mass is 10.1. The van der Waals surface area contributed by atoms with Gasteiger partial charge in [0.15, 0.2) is 11.6 Å². The maximum Gasteiger partial charge on any atom is 0.243 e. The first-order valence-electron chi connectivity index (χ1n) is 9.32. The van der Waals surface area contributed by atoms with E-state index >= 15 is 0 Å². The van der Waals surface area contributed by atoms with Crippen LogP contribution in [0.3, 0.4) is 0 Å². The lowest BCUT2D eigenvalue weighted by Gasteiger charge is -2.36. The van der Waals surface area contributed by atoms with Crippen molar-refractivity contribution in [3.05, 3.63) is 65.4 Å². The Morgan fingerprint density at radius 3 is 2.33 bits per heavy atom. The molecule has 0 amide bonds. The van der Waals surface area contributed by atoms with Gasteiger partial charge in [0.1, 0.15) is 5.52 Å². The molecule has 2 aromatic carbocycles. The molecule has 1 aromatic heterocycles. The zero-order valence-corrected chi connectivity index (χ0v) is 17.0. The van der Waals surface area contributed by atoms with E-state index in [1.165, 1.54) is 34.6 Å². The Hall–Kier alpha value is -3.09. The molecule has 2 heterocycles. The molecule has 4 rings (SSSR count). The molecule has 1 saturated heterocycles. The van der Waals surface area contributed by atoms with Gasteiger partial charge in [-0.1, -0.05) is 0 Å². The Kier molecular flexibility index (Phi) is 5.13. The van der Waals surface area contributed by atoms with Gasteiger partial charge in [0, 0.05) is 42.9 Å². The highest BCUT2D eigenvalue weighted by Gasteiger charge is 2.29. The largest absolute Gasteiger partial charge is 0.368 e. The second kappa shape index (κ2) is 7.63. The third-order valence-corrected chi connectivity index (χ3v) is 7.09. The van der Waals surface area contributed by atoms with Crippen molar-refractivity contribution in [2.75, 3.05) is 31.1 Å². The lowest BCUT2D eigenvalue weighted by Crippen LogP contribution is -2.48. The van der Waals surface area contributed by atoms with Gasteiger partial charge in [-0.3, -0.25) is 0 Å². The van der Waals surface area contributed by atoms with Gasteiger partial charge < -0.3 is 4.90 Å². The van der Waals surface area contributed by atoms with Crippen LogP contribution < -0.4 is 4.90 Å². The summed E-state index contributed by atoms with van der Waals surface area (Å²) in [5, 5.41) is 9.37. The number of aromatic nitrogens is 1. The lowest BCUT2D eigenvalue weighted by molar-refractivity contribution is 0.385. The maximum atomic E-state index is 14.2. The van der Waals surface area contributed by atoms with Crippen molar-refractivity contribution in [3.8, 4) is 6.07 Å². The van der Waals surface area contributed by atoms with Crippen LogP contribution in [0.1, 0.15) is 11.3 Å². The fourth-order valence-corrected chi connectivity index (χ4v) is 5.04. The molecule has 0 aliphatic carbocycles. The minimum atomic E-state index is -3.68. The Balaban J connectivity index is 1.59. The highest BCUT2D eigenvalue weighted by atomic mass is 32.2. The summed E-state index contributed by atoms with van der Waals surface area (Å²) < 4.78 is 55.0. The van der Waals surface area contributed by atoms with E-state index in [0.29, 0.717) is 35.4 Å². The molecule has 0 atom stereocenters. The number of benzene rings is 2. The van der Waals surface area contributed by atoms with E-state index in [4.69, 9.17) is 5.26 Å². The summed E-state index contributed by atoms with van der Waals surface area (Å²) in [5.41, 5.74) is 1.61. The smallest absolute Gasteiger partial charge is 0.243 e. The number of nitriles is 1. The zero-order chi connectivity index (χ0) is 21.5. The van der Waals surface area contributed by atoms with Gasteiger partial charge >= 0.3 is 0 Å². The van der Waals surface area contributed by atoms with Crippen molar-refractivity contribution in [1.82, 2.24) is 9.29 Å². The van der Waals surface area contributed by atoms with Crippen molar-refractivity contribution < 1.29 is 17.2 Å². The SMILES string of the molecule is Cc1cc(N2CCN(S(=O)(=O)c3ccc(C#N)cc3)CC2)c2ccc(F)c(F)c2n1. The van der Waals surface area contributed by atoms with Crippen molar-refractivity contribution in [3.63, 3.8) is 0 Å². The Labute approximate surface area is 173 Å². The average Bonchev–Trinajstić information content (AvgIpc) is 2.76. The second-order valence-electron chi connectivity index (χ2n) is 7.07. The summed E-state index contributed by atoms with van der Waals surface area (Å²) in [7, 11) is -3.68. The third kappa shape index (κ3) is 3.49. The molecular weight excluding hydrogens is 410 g/mol. The van der Waals surface area contributed by atoms with Crippen LogP contribution in [0.5, 0.6) is 0 Å². The molecule has 1 aliphatic rings. The van der Waals surface area contributed by atoms with Crippen molar-refractivity contribution in [2.24, 2.45) is 0 Å². The van der Waals surface area contributed by atoms with Gasteiger partial charge in [0.25, 0.3) is 0 Å². The number of sulfonamides is 1. The van der Waals surface area contributed by atoms with Crippen LogP contribution in [0.4, 0.5) is 14.5 Å². The van der Waals surface area contributed by atoms with Crippen LogP contribution in [0.15, 0.2) is 47.4 Å². The number of hydrogen-bond donors (Lipinski definition) is 0. The Morgan fingerprint density at radius 1 is 1.03 bits per heavy atom. The normalized spacial score (nSPS) is 15.3. The molecule has 0 spiro atoms. The molecule has 0 radical (unpaired) electrons. The summed E-state index contributed by atoms with van der Waals surface area (Å²) in [4.78, 5) is 6.22. The number of nitrogens with zero attached hydrogens (tertiary/aromatic N) is 4. The molecule has 0 saturated carbocycles. The molecule has 6 nitrogen and oxygen atoms in total. The number of halogens is 2. The number of anilines is 1. The topological polar surface area (TPSA) is 77.3 Å². The van der Waals surface area contributed by atoms with E-state index in [1.54, 1.807) is 13.0 Å². The van der Waals surface area contributed by atoms with Crippen LogP contribution in [0, 0.1) is 29.9 Å². The summed E-state index contributed by atoms with van der Waals surface area (Å²) in [5.74, 6) is -1.94. The zero-order valence-electron chi connectivity index (χ0n) is 16.1. The van der Waals surface area contributed by atoms with Crippen LogP contribution in [-0.2, 0) is 10.0 Å². The number of fused-ring (bicyclic) bond motifs is 1. The van der Waals surface area contributed by atoms with Crippen molar-refractivity contribution >= 4 is 26.6 Å². The maximum absolute atomic E-state index is 14.2. The van der Waals surface area contributed by atoms with Gasteiger partial charge in [0.2, 0.25) is 10.0 Å². The van der Waals surface area contributed by atoms with Crippen LogP contribution in [0.25, 0.3) is 10.9 Å². The Bertz CT molecular complexity index is 1260. The van der Waals surface area contributed by atoms with E-state index in [1.807, 2.05) is 11.0 Å². The van der Waals surface area contributed by atoms with Crippen LogP contribution in [-0.4, -0.2) is 43.9 Å². The van der Waals surface area contributed by atoms with E-state index < -0.39 is 21.7 Å². The molecule has 9 heteroatoms. The molecule has 0 unspecified atom stereocenters. The number of aryl methyl sites for hydroxylation is 1. The number of rotatable bonds is 3. The van der Waals surface area contributed by atoms with E-state index in [0.717, 1.165) is 6.07 Å². The monoisotopic (exact) mass is 428 g/mol. The molecule has 30 heavy (non-hydrogen) atoms. The predicted octanol–water partition coefficient (Wildman–Crippen LogP) is 3.20. The first kappa shape index (κ1) is 20.2. The first-order valence-corrected chi connectivity index (χ1v) is 10.8. The fourth-order valence-electron chi connectivity index (χ4n) is 3.62. The number of pyridine rings is 1. The highest BCUT2D eigenvalue weighted by molar-refractivity contribution is 7.89. The average molecular weight is 428 g/mol. The second-order valence-corrected chi connectivity index (χ2v) is 9.01. The molecule has 3 aromatic rings. The summed E-state index contributed by atoms with van der Waals surface area (Å²) in [6.07, 6.45) is 0. The summed E-state index contributed by atoms with van der Waals surface area (Å²) in [6.45, 7) is 2.99. The van der Waals surface area contributed by atoms with Crippen LogP contribution in [0.2, 0.25) is 0 Å². The van der Waals surface area contributed by atoms with Gasteiger partial charge in [0.05, 0.1) is 16.5 Å². The molecular formula is C21H18F2N4O2S. The van der Waals surface area contributed by atoms with E-state index in [-0.39, 0.29) is 23.5 Å². The first-order chi connectivity index (χ1) is 14.3. The molecule has 1 aliphatic heterocycles. The van der Waals surface area contributed by atoms with Crippen LogP contribution >= 0.6 is 0 Å². The summed E-state index contributed by atoms with van der Waals surface area (Å²) in [6, 6.07) is 12.1. The van der Waals surface area contributed by atoms with E-state index in [2.05, 4.69) is 4.98 Å². The number of hydrogen-bond acceptors (Lipinski definition) is 5. The highest BCUT2D eigenvalue weighted by Crippen LogP contribution is 2.31. The van der Waals surface area contributed by atoms with Gasteiger partial charge in [-0.05, 0) is 49.4 Å². The number of piperazine rings is 1. The molecule has 0 N–H and O–H groups in total. The fraction of sp³-hybridized carbons (Fsp3) is 0.238. The molecule has 1 fully saturated rings. The van der Waals surface area contributed by atoms with E-state index in [9.17, 15) is 17.2 Å². The van der Waals surface area contributed by atoms with Gasteiger partial charge in [-0.15, -0.1) is 0 Å². The van der Waals surface area contributed by atoms with Gasteiger partial charge in [-0.2, -0.15) is 9.57 Å². The van der Waals surface area contributed by atoms with Crippen molar-refractivity contribution in [2.45, 2.75) is 11.8 Å². The third-order valence-electron chi connectivity index (χ3n) is 5.18. The molecule has 0 bridgehead atoms. The predicted molar refractivity (Wildman–Crippen MR) is 109 cm³/mol. The standard InChI is InChI=1S/C21H18F2N4O2S/c1-14-12-19(17-6-7-18(22)20(23)21(17)25-14)26-8-10-27(11-9-26)30(28,29)16-4-2-15(13-24)3-5-16/h2-7,12H,8-11H2,1H3. The minimum Gasteiger partial charge on any atom is -0.368 e.